The number of morpholine rings is 1. The summed E-state index contributed by atoms with van der Waals surface area (Å²) in [6, 6.07) is 7.80. The van der Waals surface area contributed by atoms with Crippen molar-refractivity contribution in [1.29, 1.82) is 0 Å². The molecule has 4 heterocycles. The summed E-state index contributed by atoms with van der Waals surface area (Å²) in [7, 11) is 0. The van der Waals surface area contributed by atoms with Crippen molar-refractivity contribution in [3.63, 3.8) is 0 Å². The molecule has 2 bridgehead atoms. The number of fused-ring (bicyclic) bond motifs is 2. The molecular weight excluding hydrogens is 409 g/mol. The lowest BCUT2D eigenvalue weighted by molar-refractivity contribution is -0.0494. The number of pyridine rings is 1. The molecule has 2 aromatic rings. The Kier molecular flexibility index (Phi) is 4.88. The van der Waals surface area contributed by atoms with E-state index < -0.39 is 12.3 Å². The molecule has 6 nitrogen and oxygen atoms in total. The molecule has 2 N–H and O–H groups in total. The number of nitrogens with zero attached hydrogens (tertiary/aromatic N) is 3. The quantitative estimate of drug-likeness (QED) is 0.772. The Morgan fingerprint density at radius 1 is 1.23 bits per heavy atom. The first-order chi connectivity index (χ1) is 14.8. The molecule has 9 heteroatoms. The molecule has 3 saturated heterocycles. The van der Waals surface area contributed by atoms with Crippen molar-refractivity contribution >= 4 is 17.2 Å². The third-order valence-corrected chi connectivity index (χ3v) is 6.35. The normalized spacial score (nSPS) is 27.5. The zero-order valence-electron chi connectivity index (χ0n) is 17.2. The van der Waals surface area contributed by atoms with E-state index in [2.05, 4.69) is 20.7 Å². The average molecular weight is 434 g/mol. The summed E-state index contributed by atoms with van der Waals surface area (Å²) in [5, 5.41) is 0. The van der Waals surface area contributed by atoms with Gasteiger partial charge in [0.2, 0.25) is 0 Å². The lowest BCUT2D eigenvalue weighted by Crippen LogP contribution is -2.37. The van der Waals surface area contributed by atoms with Gasteiger partial charge in [0.1, 0.15) is 5.67 Å². The summed E-state index contributed by atoms with van der Waals surface area (Å²) >= 11 is 0. The molecule has 1 aromatic carbocycles. The van der Waals surface area contributed by atoms with E-state index in [1.807, 2.05) is 17.0 Å². The van der Waals surface area contributed by atoms with Gasteiger partial charge in [-0.25, -0.2) is 9.37 Å². The Labute approximate surface area is 178 Å². The minimum Gasteiger partial charge on any atom is -0.431 e. The van der Waals surface area contributed by atoms with Gasteiger partial charge in [-0.05, 0) is 43.2 Å². The fourth-order valence-corrected chi connectivity index (χ4v) is 4.77. The number of rotatable bonds is 5. The average Bonchev–Trinajstić information content (AvgIpc) is 3.44. The number of alkyl halides is 3. The van der Waals surface area contributed by atoms with Crippen LogP contribution in [0.4, 0.5) is 30.4 Å². The molecule has 166 valence electrons. The summed E-state index contributed by atoms with van der Waals surface area (Å²) in [6.07, 6.45) is 3.22. The van der Waals surface area contributed by atoms with Gasteiger partial charge in [0, 0.05) is 42.6 Å². The van der Waals surface area contributed by atoms with Crippen molar-refractivity contribution in [1.82, 2.24) is 4.98 Å². The lowest BCUT2D eigenvalue weighted by atomic mass is 10.0. The van der Waals surface area contributed by atoms with Crippen molar-refractivity contribution in [2.45, 2.75) is 44.2 Å². The highest BCUT2D eigenvalue weighted by Gasteiger charge is 2.40. The van der Waals surface area contributed by atoms with E-state index in [0.717, 1.165) is 29.9 Å². The van der Waals surface area contributed by atoms with E-state index in [-0.39, 0.29) is 17.7 Å². The molecule has 5 rings (SSSR count). The van der Waals surface area contributed by atoms with Crippen LogP contribution < -0.4 is 20.3 Å². The van der Waals surface area contributed by atoms with Crippen LogP contribution in [0.15, 0.2) is 30.5 Å². The van der Waals surface area contributed by atoms with Gasteiger partial charge in [-0.1, -0.05) is 0 Å². The summed E-state index contributed by atoms with van der Waals surface area (Å²) in [6.45, 7) is 1.04. The minimum atomic E-state index is -2.99. The van der Waals surface area contributed by atoms with Crippen LogP contribution in [-0.2, 0) is 4.74 Å². The molecule has 3 fully saturated rings. The van der Waals surface area contributed by atoms with Gasteiger partial charge in [0.15, 0.2) is 11.6 Å². The summed E-state index contributed by atoms with van der Waals surface area (Å²) in [5.41, 5.74) is 7.76. The first-order valence-corrected chi connectivity index (χ1v) is 10.5. The van der Waals surface area contributed by atoms with Gasteiger partial charge in [-0.3, -0.25) is 0 Å². The van der Waals surface area contributed by atoms with Crippen LogP contribution in [0.1, 0.15) is 19.8 Å². The number of nitrogen functional groups attached to an aromatic ring is 1. The van der Waals surface area contributed by atoms with Crippen molar-refractivity contribution in [2.24, 2.45) is 0 Å². The van der Waals surface area contributed by atoms with Crippen LogP contribution in [-0.4, -0.2) is 55.7 Å². The van der Waals surface area contributed by atoms with E-state index in [9.17, 15) is 13.2 Å². The molecule has 3 aliphatic rings. The highest BCUT2D eigenvalue weighted by Crippen LogP contribution is 2.40. The molecule has 3 atom stereocenters. The van der Waals surface area contributed by atoms with E-state index in [4.69, 9.17) is 10.5 Å². The molecule has 0 unspecified atom stereocenters. The maximum atomic E-state index is 14.5. The molecule has 0 amide bonds. The highest BCUT2D eigenvalue weighted by molar-refractivity contribution is 5.77. The van der Waals surface area contributed by atoms with Crippen LogP contribution >= 0.6 is 0 Å². The topological polar surface area (TPSA) is 63.9 Å². The molecule has 1 aromatic heterocycles. The molecule has 0 aliphatic carbocycles. The molecule has 31 heavy (non-hydrogen) atoms. The third-order valence-electron chi connectivity index (χ3n) is 6.35. The maximum absolute atomic E-state index is 14.5. The highest BCUT2D eigenvalue weighted by atomic mass is 19.3. The summed E-state index contributed by atoms with van der Waals surface area (Å²) in [5.74, 6) is -0.257. The zero-order valence-corrected chi connectivity index (χ0v) is 17.2. The second-order valence-corrected chi connectivity index (χ2v) is 8.81. The van der Waals surface area contributed by atoms with E-state index in [1.54, 1.807) is 13.1 Å². The van der Waals surface area contributed by atoms with Crippen LogP contribution in [0.2, 0.25) is 0 Å². The van der Waals surface area contributed by atoms with Gasteiger partial charge in [-0.15, -0.1) is 0 Å². The van der Waals surface area contributed by atoms with Crippen molar-refractivity contribution in [3.8, 4) is 16.9 Å². The van der Waals surface area contributed by atoms with Gasteiger partial charge in [0.05, 0.1) is 25.3 Å². The third kappa shape index (κ3) is 3.98. The SMILES string of the molecule is C[C@]1(F)CCN(c2cc(-c3cnc(N)c(OC(F)F)c3)cc(N3C[C@H]4C[C@@H]3CO4)c2)C1. The first-order valence-electron chi connectivity index (χ1n) is 10.5. The summed E-state index contributed by atoms with van der Waals surface area (Å²) < 4.78 is 50.3. The Morgan fingerprint density at radius 2 is 2.03 bits per heavy atom. The van der Waals surface area contributed by atoms with Crippen LogP contribution in [0, 0.1) is 0 Å². The van der Waals surface area contributed by atoms with Crippen LogP contribution in [0.3, 0.4) is 0 Å². The Bertz CT molecular complexity index is 987. The number of hydrogen-bond donors (Lipinski definition) is 1. The maximum Gasteiger partial charge on any atom is 0.387 e. The second-order valence-electron chi connectivity index (χ2n) is 8.81. The Balaban J connectivity index is 1.55. The fraction of sp³-hybridized carbons (Fsp3) is 0.500. The molecule has 0 saturated carbocycles. The standard InChI is InChI=1S/C22H25F3N4O2/c1-22(25)2-3-28(12-22)15-4-13(14-6-19(31-21(23)24)20(26)27-9-14)5-16(7-15)29-10-18-8-17(29)11-30-18/h4-7,9,17-18,21H,2-3,8,10-12H2,1H3,(H2,26,27)/t17-,18-,22+/m1/s1. The van der Waals surface area contributed by atoms with E-state index in [0.29, 0.717) is 37.7 Å². The van der Waals surface area contributed by atoms with Crippen molar-refractivity contribution in [2.75, 3.05) is 41.8 Å². The molecule has 3 aliphatic heterocycles. The number of anilines is 3. The predicted molar refractivity (Wildman–Crippen MR) is 113 cm³/mol. The van der Waals surface area contributed by atoms with E-state index in [1.165, 1.54) is 6.07 Å². The van der Waals surface area contributed by atoms with Crippen molar-refractivity contribution in [3.05, 3.63) is 30.5 Å². The van der Waals surface area contributed by atoms with Crippen molar-refractivity contribution < 1.29 is 22.6 Å². The predicted octanol–water partition coefficient (Wildman–Crippen LogP) is 3.85. The van der Waals surface area contributed by atoms with Crippen LogP contribution in [0.5, 0.6) is 5.75 Å². The number of benzene rings is 1. The Hall–Kier alpha value is -2.68. The first kappa shape index (κ1) is 20.2. The minimum absolute atomic E-state index is 0.0952. The molecular formula is C22H25F3N4O2. The molecule has 0 spiro atoms. The largest absolute Gasteiger partial charge is 0.431 e. The monoisotopic (exact) mass is 434 g/mol. The summed E-state index contributed by atoms with van der Waals surface area (Å²) in [4.78, 5) is 8.38. The smallest absolute Gasteiger partial charge is 0.387 e. The fourth-order valence-electron chi connectivity index (χ4n) is 4.77. The zero-order chi connectivity index (χ0) is 21.8. The second kappa shape index (κ2) is 7.47. The van der Waals surface area contributed by atoms with Crippen LogP contribution in [0.25, 0.3) is 11.1 Å². The van der Waals surface area contributed by atoms with E-state index >= 15 is 0 Å². The number of halogens is 3. The number of nitrogens with two attached hydrogens (primary N) is 1. The number of aromatic nitrogens is 1. The van der Waals surface area contributed by atoms with Gasteiger partial charge < -0.3 is 25.0 Å². The lowest BCUT2D eigenvalue weighted by Gasteiger charge is -2.31. The Morgan fingerprint density at radius 3 is 2.68 bits per heavy atom. The van der Waals surface area contributed by atoms with Gasteiger partial charge in [0.25, 0.3) is 0 Å². The number of ether oxygens (including phenoxy) is 2. The number of hydrogen-bond acceptors (Lipinski definition) is 6. The van der Waals surface area contributed by atoms with Gasteiger partial charge >= 0.3 is 6.61 Å². The molecule has 0 radical (unpaired) electrons. The van der Waals surface area contributed by atoms with Gasteiger partial charge in [-0.2, -0.15) is 8.78 Å².